The van der Waals surface area contributed by atoms with Crippen LogP contribution in [0.2, 0.25) is 0 Å². The highest BCUT2D eigenvalue weighted by Crippen LogP contribution is 2.31. The highest BCUT2D eigenvalue weighted by Gasteiger charge is 2.13. The quantitative estimate of drug-likeness (QED) is 0.826. The second kappa shape index (κ2) is 4.51. The maximum atomic E-state index is 12.7. The molecule has 2 rings (SSSR count). The van der Waals surface area contributed by atoms with Crippen LogP contribution in [0, 0.1) is 0 Å². The molecule has 0 spiro atoms. The van der Waals surface area contributed by atoms with Gasteiger partial charge in [0.2, 0.25) is 0 Å². The number of hydrogen-bond donors (Lipinski definition) is 1. The third-order valence-corrected chi connectivity index (χ3v) is 2.51. The summed E-state index contributed by atoms with van der Waals surface area (Å²) in [5.41, 5.74) is 2.31. The lowest BCUT2D eigenvalue weighted by molar-refractivity contribution is 0.210. The molecule has 0 saturated heterocycles. The van der Waals surface area contributed by atoms with E-state index in [4.69, 9.17) is 4.74 Å². The number of nitrogens with one attached hydrogen (secondary N) is 1. The van der Waals surface area contributed by atoms with Gasteiger partial charge in [0.1, 0.15) is 18.5 Å². The molecule has 1 N–H and O–H groups in total. The topological polar surface area (TPSA) is 21.3 Å². The first-order valence-electron chi connectivity index (χ1n) is 5.40. The number of aryl methyl sites for hydroxylation is 1. The Morgan fingerprint density at radius 2 is 2.40 bits per heavy atom. The van der Waals surface area contributed by atoms with Crippen LogP contribution in [0.5, 0.6) is 5.75 Å². The highest BCUT2D eigenvalue weighted by molar-refractivity contribution is 5.63. The lowest BCUT2D eigenvalue weighted by Gasteiger charge is -2.21. The van der Waals surface area contributed by atoms with Crippen molar-refractivity contribution in [3.63, 3.8) is 0 Å². The Bertz CT molecular complexity index is 338. The molecule has 0 bridgehead atoms. The Morgan fingerprint density at radius 3 is 3.20 bits per heavy atom. The molecule has 0 aliphatic carbocycles. The maximum absolute atomic E-state index is 12.7. The van der Waals surface area contributed by atoms with Gasteiger partial charge in [0.15, 0.2) is 0 Å². The van der Waals surface area contributed by atoms with Gasteiger partial charge in [-0.2, -0.15) is 0 Å². The van der Waals surface area contributed by atoms with Crippen LogP contribution in [0.15, 0.2) is 18.2 Å². The summed E-state index contributed by atoms with van der Waals surface area (Å²) in [5.74, 6) is 0.775. The van der Waals surface area contributed by atoms with E-state index in [9.17, 15) is 4.39 Å². The Kier molecular flexibility index (Phi) is 3.09. The molecule has 1 aliphatic heterocycles. The van der Waals surface area contributed by atoms with Crippen LogP contribution in [0.3, 0.4) is 0 Å². The van der Waals surface area contributed by atoms with Crippen molar-refractivity contribution < 1.29 is 9.13 Å². The second-order valence-electron chi connectivity index (χ2n) is 3.91. The summed E-state index contributed by atoms with van der Waals surface area (Å²) in [7, 11) is 0. The smallest absolute Gasteiger partial charge is 0.142 e. The zero-order valence-corrected chi connectivity index (χ0v) is 8.92. The normalized spacial score (nSPS) is 16.4. The van der Waals surface area contributed by atoms with E-state index in [0.29, 0.717) is 0 Å². The maximum Gasteiger partial charge on any atom is 0.142 e. The van der Waals surface area contributed by atoms with Crippen LogP contribution < -0.4 is 10.1 Å². The summed E-state index contributed by atoms with van der Waals surface area (Å²) in [6, 6.07) is 5.94. The zero-order valence-electron chi connectivity index (χ0n) is 8.92. The largest absolute Gasteiger partial charge is 0.488 e. The molecule has 0 aromatic heterocycles. The number of ether oxygens (including phenoxy) is 1. The van der Waals surface area contributed by atoms with Gasteiger partial charge in [0.25, 0.3) is 0 Å². The van der Waals surface area contributed by atoms with Gasteiger partial charge in [-0.3, -0.25) is 0 Å². The molecule has 1 aromatic rings. The predicted molar refractivity (Wildman–Crippen MR) is 59.3 cm³/mol. The summed E-state index contributed by atoms with van der Waals surface area (Å²) in [4.78, 5) is 0. The highest BCUT2D eigenvalue weighted by atomic mass is 19.1. The van der Waals surface area contributed by atoms with Gasteiger partial charge >= 0.3 is 0 Å². The summed E-state index contributed by atoms with van der Waals surface area (Å²) < 4.78 is 18.1. The van der Waals surface area contributed by atoms with Crippen molar-refractivity contribution >= 4 is 5.69 Å². The minimum Gasteiger partial charge on any atom is -0.488 e. The fraction of sp³-hybridized carbons (Fsp3) is 0.500. The predicted octanol–water partition coefficient (Wildman–Crippen LogP) is 2.78. The Morgan fingerprint density at radius 1 is 1.53 bits per heavy atom. The van der Waals surface area contributed by atoms with Crippen LogP contribution in [-0.2, 0) is 6.42 Å². The molecule has 0 radical (unpaired) electrons. The third kappa shape index (κ3) is 2.41. The van der Waals surface area contributed by atoms with E-state index >= 15 is 0 Å². The molecule has 2 nitrogen and oxygen atoms in total. The first kappa shape index (κ1) is 10.3. The number of para-hydroxylation sites is 1. The van der Waals surface area contributed by atoms with Gasteiger partial charge in [-0.1, -0.05) is 12.1 Å². The zero-order chi connectivity index (χ0) is 10.7. The van der Waals surface area contributed by atoms with Crippen molar-refractivity contribution in [3.05, 3.63) is 23.8 Å². The standard InChI is InChI=1S/C12H16FNO/c1-9(13)8-15-11-6-2-4-10-5-3-7-14-12(10)11/h2,4,6,9,14H,3,5,7-8H2,1H3. The fourth-order valence-electron chi connectivity index (χ4n) is 1.80. The first-order valence-corrected chi connectivity index (χ1v) is 5.40. The number of rotatable bonds is 3. The van der Waals surface area contributed by atoms with Gasteiger partial charge in [-0.05, 0) is 31.4 Å². The van der Waals surface area contributed by atoms with Gasteiger partial charge in [0.05, 0.1) is 5.69 Å². The molecule has 1 heterocycles. The molecule has 1 aliphatic rings. The molecule has 1 aromatic carbocycles. The molecule has 0 fully saturated rings. The minimum atomic E-state index is -0.926. The molecule has 82 valence electrons. The second-order valence-corrected chi connectivity index (χ2v) is 3.91. The van der Waals surface area contributed by atoms with Crippen LogP contribution in [0.25, 0.3) is 0 Å². The van der Waals surface area contributed by atoms with Crippen LogP contribution in [-0.4, -0.2) is 19.3 Å². The fourth-order valence-corrected chi connectivity index (χ4v) is 1.80. The SMILES string of the molecule is CC(F)COc1cccc2c1NCCC2. The lowest BCUT2D eigenvalue weighted by Crippen LogP contribution is -2.15. The molecule has 3 heteroatoms. The lowest BCUT2D eigenvalue weighted by atomic mass is 10.0. The average molecular weight is 209 g/mol. The van der Waals surface area contributed by atoms with Crippen LogP contribution in [0.1, 0.15) is 18.9 Å². The van der Waals surface area contributed by atoms with E-state index < -0.39 is 6.17 Å². The van der Waals surface area contributed by atoms with Gasteiger partial charge < -0.3 is 10.1 Å². The van der Waals surface area contributed by atoms with Crippen LogP contribution in [0.4, 0.5) is 10.1 Å². The molecule has 1 atom stereocenters. The van der Waals surface area contributed by atoms with Crippen molar-refractivity contribution in [2.75, 3.05) is 18.5 Å². The van der Waals surface area contributed by atoms with Crippen molar-refractivity contribution in [2.24, 2.45) is 0 Å². The molecule has 0 saturated carbocycles. The molecule has 0 amide bonds. The summed E-state index contributed by atoms with van der Waals surface area (Å²) >= 11 is 0. The Balaban J connectivity index is 2.16. The van der Waals surface area contributed by atoms with Gasteiger partial charge in [-0.25, -0.2) is 4.39 Å². The number of hydrogen-bond acceptors (Lipinski definition) is 2. The summed E-state index contributed by atoms with van der Waals surface area (Å²) in [5, 5.41) is 3.31. The van der Waals surface area contributed by atoms with Gasteiger partial charge in [-0.15, -0.1) is 0 Å². The number of fused-ring (bicyclic) bond motifs is 1. The van der Waals surface area contributed by atoms with Crippen molar-refractivity contribution in [3.8, 4) is 5.75 Å². The van der Waals surface area contributed by atoms with E-state index in [1.165, 1.54) is 12.5 Å². The monoisotopic (exact) mass is 209 g/mol. The molecule has 1 unspecified atom stereocenters. The first-order chi connectivity index (χ1) is 7.27. The molecular weight excluding hydrogens is 193 g/mol. The summed E-state index contributed by atoms with van der Waals surface area (Å²) in [6.07, 6.45) is 1.30. The molecule has 15 heavy (non-hydrogen) atoms. The van der Waals surface area contributed by atoms with Crippen molar-refractivity contribution in [2.45, 2.75) is 25.9 Å². The van der Waals surface area contributed by atoms with Gasteiger partial charge in [0, 0.05) is 6.54 Å². The Labute approximate surface area is 89.4 Å². The van der Waals surface area contributed by atoms with E-state index in [2.05, 4.69) is 11.4 Å². The van der Waals surface area contributed by atoms with E-state index in [1.807, 2.05) is 12.1 Å². The van der Waals surface area contributed by atoms with Crippen LogP contribution >= 0.6 is 0 Å². The Hall–Kier alpha value is -1.25. The van der Waals surface area contributed by atoms with E-state index in [-0.39, 0.29) is 6.61 Å². The average Bonchev–Trinajstić information content (AvgIpc) is 2.26. The van der Waals surface area contributed by atoms with E-state index in [1.54, 1.807) is 0 Å². The number of alkyl halides is 1. The minimum absolute atomic E-state index is 0.123. The number of benzene rings is 1. The molecular formula is C12H16FNO. The van der Waals surface area contributed by atoms with Crippen molar-refractivity contribution in [1.82, 2.24) is 0 Å². The third-order valence-electron chi connectivity index (χ3n) is 2.51. The number of halogens is 1. The summed E-state index contributed by atoms with van der Waals surface area (Å²) in [6.45, 7) is 2.60. The van der Waals surface area contributed by atoms with Crippen molar-refractivity contribution in [1.29, 1.82) is 0 Å². The van der Waals surface area contributed by atoms with E-state index in [0.717, 1.165) is 30.8 Å². The number of anilines is 1.